The first kappa shape index (κ1) is 21.4. The molecule has 1 amide bonds. The van der Waals surface area contributed by atoms with Crippen LogP contribution in [0.15, 0.2) is 72.8 Å². The molecule has 6 nitrogen and oxygen atoms in total. The summed E-state index contributed by atoms with van der Waals surface area (Å²) in [6.45, 7) is 3.49. The normalized spacial score (nSPS) is 11.0. The number of hydrogen-bond donors (Lipinski definition) is 1. The van der Waals surface area contributed by atoms with Crippen LogP contribution >= 0.6 is 0 Å². The molecule has 0 radical (unpaired) electrons. The standard InChI is InChI=1S/C23H24N2O4S/c1-17-13-18(2)15-19(14-17)24-23(26)16-25(30(3,27)28)21-11-7-8-12-22(21)29-20-9-5-4-6-10-20/h4-15H,16H2,1-3H3,(H,24,26). The minimum absolute atomic E-state index is 0.291. The van der Waals surface area contributed by atoms with Crippen LogP contribution in [0.2, 0.25) is 0 Å². The Morgan fingerprint density at radius 2 is 1.53 bits per heavy atom. The third-order valence-electron chi connectivity index (χ3n) is 4.30. The number of hydrogen-bond acceptors (Lipinski definition) is 4. The van der Waals surface area contributed by atoms with Crippen LogP contribution in [-0.2, 0) is 14.8 Å². The van der Waals surface area contributed by atoms with E-state index in [1.165, 1.54) is 0 Å². The van der Waals surface area contributed by atoms with Crippen LogP contribution in [0.4, 0.5) is 11.4 Å². The van der Waals surface area contributed by atoms with E-state index in [9.17, 15) is 13.2 Å². The molecule has 0 unspecified atom stereocenters. The Hall–Kier alpha value is -3.32. The van der Waals surface area contributed by atoms with E-state index < -0.39 is 15.9 Å². The number of amides is 1. The number of rotatable bonds is 7. The van der Waals surface area contributed by atoms with Gasteiger partial charge in [0.05, 0.1) is 11.9 Å². The fraction of sp³-hybridized carbons (Fsp3) is 0.174. The summed E-state index contributed by atoms with van der Waals surface area (Å²) in [5.41, 5.74) is 2.93. The van der Waals surface area contributed by atoms with Gasteiger partial charge in [0.15, 0.2) is 5.75 Å². The summed E-state index contributed by atoms with van der Waals surface area (Å²) in [6, 6.07) is 21.4. The number of nitrogens with zero attached hydrogens (tertiary/aromatic N) is 1. The van der Waals surface area contributed by atoms with Gasteiger partial charge in [-0.15, -0.1) is 0 Å². The Labute approximate surface area is 177 Å². The zero-order valence-corrected chi connectivity index (χ0v) is 17.9. The van der Waals surface area contributed by atoms with Crippen molar-refractivity contribution in [2.24, 2.45) is 0 Å². The van der Waals surface area contributed by atoms with Gasteiger partial charge >= 0.3 is 0 Å². The molecule has 0 saturated heterocycles. The summed E-state index contributed by atoms with van der Waals surface area (Å²) in [5.74, 6) is 0.464. The van der Waals surface area contributed by atoms with Crippen LogP contribution in [0.3, 0.4) is 0 Å². The van der Waals surface area contributed by atoms with Crippen molar-refractivity contribution in [1.29, 1.82) is 0 Å². The number of carbonyl (C=O) groups excluding carboxylic acids is 1. The van der Waals surface area contributed by atoms with E-state index in [0.29, 0.717) is 22.9 Å². The van der Waals surface area contributed by atoms with Gasteiger partial charge in [0, 0.05) is 5.69 Å². The van der Waals surface area contributed by atoms with E-state index in [2.05, 4.69) is 5.32 Å². The van der Waals surface area contributed by atoms with E-state index in [4.69, 9.17) is 4.74 Å². The number of benzene rings is 3. The maximum Gasteiger partial charge on any atom is 0.245 e. The molecular weight excluding hydrogens is 400 g/mol. The van der Waals surface area contributed by atoms with E-state index in [1.807, 2.05) is 50.2 Å². The minimum atomic E-state index is -3.74. The summed E-state index contributed by atoms with van der Waals surface area (Å²) in [4.78, 5) is 12.7. The lowest BCUT2D eigenvalue weighted by Gasteiger charge is -2.24. The third-order valence-corrected chi connectivity index (χ3v) is 5.42. The molecule has 0 spiro atoms. The van der Waals surface area contributed by atoms with Crippen LogP contribution < -0.4 is 14.4 Å². The average molecular weight is 425 g/mol. The first-order valence-corrected chi connectivity index (χ1v) is 11.2. The molecule has 1 N–H and O–H groups in total. The number of sulfonamides is 1. The Morgan fingerprint density at radius 1 is 0.933 bits per heavy atom. The van der Waals surface area contributed by atoms with E-state index in [-0.39, 0.29) is 6.54 Å². The highest BCUT2D eigenvalue weighted by atomic mass is 32.2. The van der Waals surface area contributed by atoms with E-state index in [0.717, 1.165) is 21.7 Å². The zero-order valence-electron chi connectivity index (χ0n) is 17.1. The highest BCUT2D eigenvalue weighted by molar-refractivity contribution is 7.92. The Kier molecular flexibility index (Phi) is 6.42. The molecule has 0 saturated carbocycles. The smallest absolute Gasteiger partial charge is 0.245 e. The SMILES string of the molecule is Cc1cc(C)cc(NC(=O)CN(c2ccccc2Oc2ccccc2)S(C)(=O)=O)c1. The Balaban J connectivity index is 1.87. The topological polar surface area (TPSA) is 75.7 Å². The summed E-state index contributed by atoms with van der Waals surface area (Å²) in [6.07, 6.45) is 1.07. The van der Waals surface area contributed by atoms with E-state index >= 15 is 0 Å². The second kappa shape index (κ2) is 9.00. The molecule has 0 fully saturated rings. The molecule has 0 heterocycles. The fourth-order valence-electron chi connectivity index (χ4n) is 3.12. The number of para-hydroxylation sites is 3. The second-order valence-corrected chi connectivity index (χ2v) is 8.98. The van der Waals surface area contributed by atoms with Crippen LogP contribution in [0, 0.1) is 13.8 Å². The lowest BCUT2D eigenvalue weighted by molar-refractivity contribution is -0.114. The lowest BCUT2D eigenvalue weighted by atomic mass is 10.1. The molecule has 30 heavy (non-hydrogen) atoms. The largest absolute Gasteiger partial charge is 0.455 e. The number of carbonyl (C=O) groups is 1. The van der Waals surface area contributed by atoms with Crippen molar-refractivity contribution in [2.45, 2.75) is 13.8 Å². The predicted molar refractivity (Wildman–Crippen MR) is 120 cm³/mol. The molecule has 3 rings (SSSR count). The van der Waals surface area contributed by atoms with Crippen molar-refractivity contribution in [3.63, 3.8) is 0 Å². The molecule has 3 aromatic rings. The van der Waals surface area contributed by atoms with Gasteiger partial charge in [0.25, 0.3) is 0 Å². The maximum atomic E-state index is 12.7. The minimum Gasteiger partial charge on any atom is -0.455 e. The summed E-state index contributed by atoms with van der Waals surface area (Å²) in [5, 5.41) is 2.78. The maximum absolute atomic E-state index is 12.7. The van der Waals surface area contributed by atoms with Gasteiger partial charge in [-0.3, -0.25) is 9.10 Å². The molecule has 0 aliphatic carbocycles. The van der Waals surface area contributed by atoms with Gasteiger partial charge in [-0.05, 0) is 61.4 Å². The van der Waals surface area contributed by atoms with Crippen molar-refractivity contribution in [3.05, 3.63) is 83.9 Å². The molecule has 0 bridgehead atoms. The first-order valence-electron chi connectivity index (χ1n) is 9.40. The molecule has 0 atom stereocenters. The number of aryl methyl sites for hydroxylation is 2. The van der Waals surface area contributed by atoms with E-state index in [1.54, 1.807) is 36.4 Å². The van der Waals surface area contributed by atoms with Crippen LogP contribution in [-0.4, -0.2) is 27.1 Å². The van der Waals surface area contributed by atoms with Crippen molar-refractivity contribution >= 4 is 27.3 Å². The molecule has 156 valence electrons. The number of ether oxygens (including phenoxy) is 1. The monoisotopic (exact) mass is 424 g/mol. The van der Waals surface area contributed by atoms with Gasteiger partial charge in [0.1, 0.15) is 12.3 Å². The van der Waals surface area contributed by atoms with Crippen molar-refractivity contribution in [1.82, 2.24) is 0 Å². The highest BCUT2D eigenvalue weighted by Gasteiger charge is 2.24. The molecule has 7 heteroatoms. The number of nitrogens with one attached hydrogen (secondary N) is 1. The van der Waals surface area contributed by atoms with Crippen molar-refractivity contribution < 1.29 is 17.9 Å². The van der Waals surface area contributed by atoms with Crippen LogP contribution in [0.25, 0.3) is 0 Å². The summed E-state index contributed by atoms with van der Waals surface area (Å²) < 4.78 is 32.0. The summed E-state index contributed by atoms with van der Waals surface area (Å²) in [7, 11) is -3.74. The molecule has 0 aliphatic rings. The number of anilines is 2. The quantitative estimate of drug-likeness (QED) is 0.606. The summed E-state index contributed by atoms with van der Waals surface area (Å²) >= 11 is 0. The van der Waals surface area contributed by atoms with Gasteiger partial charge in [-0.2, -0.15) is 0 Å². The van der Waals surface area contributed by atoms with Gasteiger partial charge in [0.2, 0.25) is 15.9 Å². The van der Waals surface area contributed by atoms with Crippen LogP contribution in [0.5, 0.6) is 11.5 Å². The van der Waals surface area contributed by atoms with Crippen molar-refractivity contribution in [2.75, 3.05) is 22.4 Å². The second-order valence-electron chi connectivity index (χ2n) is 7.08. The first-order chi connectivity index (χ1) is 14.2. The Bertz CT molecular complexity index is 1120. The molecule has 0 aromatic heterocycles. The highest BCUT2D eigenvalue weighted by Crippen LogP contribution is 2.33. The van der Waals surface area contributed by atoms with Gasteiger partial charge in [-0.1, -0.05) is 36.4 Å². The predicted octanol–water partition coefficient (Wildman–Crippen LogP) is 4.50. The fourth-order valence-corrected chi connectivity index (χ4v) is 3.98. The van der Waals surface area contributed by atoms with Crippen LogP contribution in [0.1, 0.15) is 11.1 Å². The molecule has 0 aliphatic heterocycles. The van der Waals surface area contributed by atoms with Gasteiger partial charge in [-0.25, -0.2) is 8.42 Å². The zero-order chi connectivity index (χ0) is 21.7. The average Bonchev–Trinajstić information content (AvgIpc) is 2.66. The van der Waals surface area contributed by atoms with Gasteiger partial charge < -0.3 is 10.1 Å². The lowest BCUT2D eigenvalue weighted by Crippen LogP contribution is -2.37. The molecular formula is C23H24N2O4S. The Morgan fingerprint density at radius 3 is 2.17 bits per heavy atom. The third kappa shape index (κ3) is 5.61. The van der Waals surface area contributed by atoms with Crippen molar-refractivity contribution in [3.8, 4) is 11.5 Å². The molecule has 3 aromatic carbocycles.